The van der Waals surface area contributed by atoms with Crippen molar-refractivity contribution in [2.45, 2.75) is 67.2 Å². The third kappa shape index (κ3) is 7.28. The molecule has 1 unspecified atom stereocenters. The van der Waals surface area contributed by atoms with Crippen molar-refractivity contribution in [2.24, 2.45) is 22.7 Å². The average Bonchev–Trinajstić information content (AvgIpc) is 2.87. The van der Waals surface area contributed by atoms with Gasteiger partial charge in [0.1, 0.15) is 0 Å². The highest BCUT2D eigenvalue weighted by molar-refractivity contribution is 5.80. The molecule has 0 saturated carbocycles. The van der Waals surface area contributed by atoms with Crippen molar-refractivity contribution in [3.63, 3.8) is 0 Å². The minimum absolute atomic E-state index is 0.250. The van der Waals surface area contributed by atoms with E-state index in [1.807, 2.05) is 0 Å². The molecular formula is C18H34N2O2. The fourth-order valence-electron chi connectivity index (χ4n) is 3.16. The monoisotopic (exact) mass is 310 g/mol. The Balaban J connectivity index is 0.000000220. The van der Waals surface area contributed by atoms with E-state index in [0.29, 0.717) is 0 Å². The highest BCUT2D eigenvalue weighted by Crippen LogP contribution is 2.28. The van der Waals surface area contributed by atoms with E-state index in [1.165, 1.54) is 0 Å². The maximum absolute atomic E-state index is 11.1. The van der Waals surface area contributed by atoms with Gasteiger partial charge in [-0.3, -0.25) is 9.59 Å². The average molecular weight is 310 g/mol. The van der Waals surface area contributed by atoms with Crippen LogP contribution in [0.4, 0.5) is 0 Å². The molecule has 0 aromatic rings. The lowest BCUT2D eigenvalue weighted by Crippen LogP contribution is -2.22. The van der Waals surface area contributed by atoms with E-state index in [1.54, 1.807) is 0 Å². The Morgan fingerprint density at radius 2 is 1.09 bits per heavy atom. The molecule has 4 heteroatoms. The number of nitrogens with one attached hydrogen (secondary N) is 2. The van der Waals surface area contributed by atoms with Crippen LogP contribution in [0, 0.1) is 22.7 Å². The summed E-state index contributed by atoms with van der Waals surface area (Å²) < 4.78 is 0. The maximum Gasteiger partial charge on any atom is 0.223 e. The molecular weight excluding hydrogens is 276 g/mol. The minimum Gasteiger partial charge on any atom is -0.356 e. The molecule has 2 aliphatic heterocycles. The third-order valence-corrected chi connectivity index (χ3v) is 4.04. The second-order valence-corrected chi connectivity index (χ2v) is 9.08. The Morgan fingerprint density at radius 3 is 1.27 bits per heavy atom. The van der Waals surface area contributed by atoms with Crippen LogP contribution in [0.15, 0.2) is 0 Å². The van der Waals surface area contributed by atoms with E-state index in [9.17, 15) is 9.59 Å². The zero-order valence-electron chi connectivity index (χ0n) is 15.2. The van der Waals surface area contributed by atoms with Gasteiger partial charge in [0.15, 0.2) is 0 Å². The zero-order chi connectivity index (χ0) is 17.0. The molecule has 22 heavy (non-hydrogen) atoms. The van der Waals surface area contributed by atoms with E-state index in [2.05, 4.69) is 52.2 Å². The molecule has 0 radical (unpaired) electrons. The summed E-state index contributed by atoms with van der Waals surface area (Å²) in [5, 5.41) is 5.71. The van der Waals surface area contributed by atoms with Crippen molar-refractivity contribution in [3.05, 3.63) is 0 Å². The summed E-state index contributed by atoms with van der Waals surface area (Å²) in [6, 6.07) is 0. The molecule has 2 heterocycles. The first-order chi connectivity index (χ1) is 9.98. The number of hydrogen-bond acceptors (Lipinski definition) is 2. The van der Waals surface area contributed by atoms with Gasteiger partial charge in [0, 0.05) is 24.9 Å². The summed E-state index contributed by atoms with van der Waals surface area (Å²) in [4.78, 5) is 22.3. The van der Waals surface area contributed by atoms with Gasteiger partial charge in [0.25, 0.3) is 0 Å². The summed E-state index contributed by atoms with van der Waals surface area (Å²) in [6.45, 7) is 14.8. The first-order valence-corrected chi connectivity index (χ1v) is 8.53. The van der Waals surface area contributed by atoms with Crippen LogP contribution in [0.2, 0.25) is 0 Å². The van der Waals surface area contributed by atoms with E-state index >= 15 is 0 Å². The number of amides is 2. The van der Waals surface area contributed by atoms with Crippen LogP contribution in [-0.4, -0.2) is 24.9 Å². The van der Waals surface area contributed by atoms with Crippen LogP contribution in [0.25, 0.3) is 0 Å². The van der Waals surface area contributed by atoms with Gasteiger partial charge in [-0.1, -0.05) is 41.5 Å². The fraction of sp³-hybridized carbons (Fsp3) is 0.889. The van der Waals surface area contributed by atoms with Gasteiger partial charge in [0.05, 0.1) is 0 Å². The smallest absolute Gasteiger partial charge is 0.223 e. The van der Waals surface area contributed by atoms with E-state index < -0.39 is 0 Å². The van der Waals surface area contributed by atoms with Crippen molar-refractivity contribution >= 4 is 11.8 Å². The largest absolute Gasteiger partial charge is 0.356 e. The molecule has 128 valence electrons. The van der Waals surface area contributed by atoms with E-state index in [0.717, 1.165) is 38.8 Å². The molecule has 2 saturated heterocycles. The van der Waals surface area contributed by atoms with Crippen LogP contribution in [0.3, 0.4) is 0 Å². The Hall–Kier alpha value is -1.06. The summed E-state index contributed by atoms with van der Waals surface area (Å²) in [6.07, 6.45) is 4.07. The third-order valence-electron chi connectivity index (χ3n) is 4.04. The Labute approximate surface area is 135 Å². The van der Waals surface area contributed by atoms with Crippen LogP contribution in [0.1, 0.15) is 67.2 Å². The molecule has 0 spiro atoms. The Morgan fingerprint density at radius 1 is 0.773 bits per heavy atom. The molecule has 0 aromatic carbocycles. The second kappa shape index (κ2) is 7.47. The zero-order valence-corrected chi connectivity index (χ0v) is 15.2. The SMILES string of the molecule is CC(C)(C)CC1CCNC1=O.CC(C)(C)C[C@@H]1CCNC1=O. The molecule has 0 aromatic heterocycles. The number of carbonyl (C=O) groups is 2. The van der Waals surface area contributed by atoms with Crippen molar-refractivity contribution in [3.8, 4) is 0 Å². The summed E-state index contributed by atoms with van der Waals surface area (Å²) in [7, 11) is 0. The van der Waals surface area contributed by atoms with E-state index in [4.69, 9.17) is 0 Å². The van der Waals surface area contributed by atoms with Gasteiger partial charge in [-0.15, -0.1) is 0 Å². The summed E-state index contributed by atoms with van der Waals surface area (Å²) in [5.41, 5.74) is 0.568. The Bertz CT molecular complexity index is 353. The quantitative estimate of drug-likeness (QED) is 0.823. The molecule has 2 amide bonds. The predicted octanol–water partition coefficient (Wildman–Crippen LogP) is 3.12. The molecule has 0 bridgehead atoms. The van der Waals surface area contributed by atoms with Crippen LogP contribution in [-0.2, 0) is 9.59 Å². The van der Waals surface area contributed by atoms with Crippen molar-refractivity contribution in [2.75, 3.05) is 13.1 Å². The van der Waals surface area contributed by atoms with Gasteiger partial charge in [-0.05, 0) is 36.5 Å². The lowest BCUT2D eigenvalue weighted by Gasteiger charge is -2.20. The molecule has 2 aliphatic rings. The van der Waals surface area contributed by atoms with Gasteiger partial charge in [-0.2, -0.15) is 0 Å². The predicted molar refractivity (Wildman–Crippen MR) is 90.4 cm³/mol. The maximum atomic E-state index is 11.1. The van der Waals surface area contributed by atoms with Crippen LogP contribution in [0.5, 0.6) is 0 Å². The van der Waals surface area contributed by atoms with Crippen molar-refractivity contribution < 1.29 is 9.59 Å². The number of rotatable bonds is 2. The standard InChI is InChI=1S/2C9H17NO/c2*1-9(2,3)6-7-4-5-10-8(7)11/h2*7H,4-6H2,1-3H3,(H,10,11)/t7-;/m0./s1. The topological polar surface area (TPSA) is 58.2 Å². The van der Waals surface area contributed by atoms with Gasteiger partial charge >= 0.3 is 0 Å². The van der Waals surface area contributed by atoms with E-state index in [-0.39, 0.29) is 34.5 Å². The number of hydrogen-bond donors (Lipinski definition) is 2. The fourth-order valence-corrected chi connectivity index (χ4v) is 3.16. The first kappa shape index (κ1) is 19.0. The number of carbonyl (C=O) groups excluding carboxylic acids is 2. The van der Waals surface area contributed by atoms with Gasteiger partial charge in [0.2, 0.25) is 11.8 Å². The summed E-state index contributed by atoms with van der Waals surface area (Å²) >= 11 is 0. The minimum atomic E-state index is 0.250. The van der Waals surface area contributed by atoms with Crippen LogP contribution < -0.4 is 10.6 Å². The highest BCUT2D eigenvalue weighted by Gasteiger charge is 2.29. The van der Waals surface area contributed by atoms with Crippen LogP contribution >= 0.6 is 0 Å². The second-order valence-electron chi connectivity index (χ2n) is 9.08. The van der Waals surface area contributed by atoms with Gasteiger partial charge in [-0.25, -0.2) is 0 Å². The molecule has 2 N–H and O–H groups in total. The normalized spacial score (nSPS) is 25.4. The molecule has 2 atom stereocenters. The lowest BCUT2D eigenvalue weighted by molar-refractivity contribution is -0.123. The molecule has 4 nitrogen and oxygen atoms in total. The first-order valence-electron chi connectivity index (χ1n) is 8.53. The molecule has 2 fully saturated rings. The Kier molecular flexibility index (Phi) is 6.45. The summed E-state index contributed by atoms with van der Waals surface area (Å²) in [5.74, 6) is 1.05. The van der Waals surface area contributed by atoms with Crippen molar-refractivity contribution in [1.82, 2.24) is 10.6 Å². The van der Waals surface area contributed by atoms with Crippen molar-refractivity contribution in [1.29, 1.82) is 0 Å². The molecule has 2 rings (SSSR count). The lowest BCUT2D eigenvalue weighted by atomic mass is 9.84. The molecule has 0 aliphatic carbocycles. The van der Waals surface area contributed by atoms with Gasteiger partial charge < -0.3 is 10.6 Å². The highest BCUT2D eigenvalue weighted by atomic mass is 16.2.